The first-order valence-electron chi connectivity index (χ1n) is 18.6. The molecule has 0 saturated carbocycles. The first-order chi connectivity index (χ1) is 29.2. The predicted octanol–water partition coefficient (Wildman–Crippen LogP) is 18.9. The number of nitrogens with two attached hydrogens (primary N) is 2. The monoisotopic (exact) mass is 1040 g/mol. The fraction of sp³-hybridized carbons (Fsp3) is 0.200. The third-order valence-electron chi connectivity index (χ3n) is 8.02. The summed E-state index contributed by atoms with van der Waals surface area (Å²) in [7, 11) is 22.2. The third-order valence-corrected chi connectivity index (χ3v) is 27.2. The van der Waals surface area contributed by atoms with Crippen molar-refractivity contribution in [2.45, 2.75) is 55.3 Å². The number of hydrogen-bond donors (Lipinski definition) is 2. The minimum atomic E-state index is 0.814. The molecule has 6 aromatic rings. The van der Waals surface area contributed by atoms with Crippen LogP contribution in [0, 0.1) is 20.8 Å². The van der Waals surface area contributed by atoms with E-state index in [2.05, 4.69) is 112 Å². The van der Waals surface area contributed by atoms with Crippen molar-refractivity contribution in [3.63, 3.8) is 0 Å². The van der Waals surface area contributed by atoms with Gasteiger partial charge in [0.1, 0.15) is 0 Å². The van der Waals surface area contributed by atoms with Gasteiger partial charge in [-0.2, -0.15) is 0 Å². The van der Waals surface area contributed by atoms with Crippen molar-refractivity contribution in [1.82, 2.24) is 0 Å². The van der Waals surface area contributed by atoms with Gasteiger partial charge in [-0.1, -0.05) is 203 Å². The lowest BCUT2D eigenvalue weighted by Gasteiger charge is -2.05. The van der Waals surface area contributed by atoms with Crippen LogP contribution in [0.3, 0.4) is 0 Å². The van der Waals surface area contributed by atoms with Crippen molar-refractivity contribution >= 4 is 147 Å². The van der Waals surface area contributed by atoms with Crippen LogP contribution in [0.25, 0.3) is 0 Å². The van der Waals surface area contributed by atoms with Gasteiger partial charge in [0, 0.05) is 50.9 Å². The predicted molar refractivity (Wildman–Crippen MR) is 300 cm³/mol. The molecule has 6 aromatic carbocycles. The topological polar surface area (TPSA) is 52.0 Å². The summed E-state index contributed by atoms with van der Waals surface area (Å²) in [5.41, 5.74) is 25.4. The SMILES string of the molecule is Cc1cccc(CSSSSCc2cccc(Cl)c2)c1.Cc1cccc(CSSSSCc2cccc(N)c2)c1.Cc1ccccc1CSSSSCc1ccccc1N. The van der Waals surface area contributed by atoms with Crippen LogP contribution in [0.1, 0.15) is 50.1 Å². The van der Waals surface area contributed by atoms with E-state index < -0.39 is 0 Å². The maximum absolute atomic E-state index is 5.96. The van der Waals surface area contributed by atoms with Crippen LogP contribution in [-0.2, 0) is 34.5 Å². The molecule has 15 heteroatoms. The standard InChI is InChI=1S/C15H15ClS4.2C15H17NS4/c2*1-12-4-2-5-13(8-12)10-17-19-20-18-11-14-6-3-7-15(16)9-14;1-12-6-2-3-7-13(12)10-17-19-20-18-11-14-8-4-5-9-15(14)16/h2-9H,10-11H2,1H3;2*2-9H,10-11,16H2,1H3. The van der Waals surface area contributed by atoms with E-state index in [4.69, 9.17) is 23.1 Å². The average Bonchev–Trinajstić information content (AvgIpc) is 3.24. The number of benzene rings is 6. The summed E-state index contributed by atoms with van der Waals surface area (Å²) in [4.78, 5) is 0. The van der Waals surface area contributed by atoms with E-state index in [0.717, 1.165) is 50.9 Å². The molecular weight excluding hydrogens is 989 g/mol. The van der Waals surface area contributed by atoms with E-state index in [0.29, 0.717) is 0 Å². The largest absolute Gasteiger partial charge is 0.399 e. The van der Waals surface area contributed by atoms with Crippen LogP contribution >= 0.6 is 135 Å². The molecular formula is C45H49ClN2S12. The molecule has 0 spiro atoms. The maximum atomic E-state index is 5.96. The summed E-state index contributed by atoms with van der Waals surface area (Å²) < 4.78 is 0. The van der Waals surface area contributed by atoms with Crippen molar-refractivity contribution in [3.05, 3.63) is 201 Å². The van der Waals surface area contributed by atoms with Crippen LogP contribution in [-0.4, -0.2) is 0 Å². The van der Waals surface area contributed by atoms with Gasteiger partial charge >= 0.3 is 0 Å². The Morgan fingerprint density at radius 3 is 1.25 bits per heavy atom. The summed E-state index contributed by atoms with van der Waals surface area (Å²) in [6.45, 7) is 6.44. The lowest BCUT2D eigenvalue weighted by atomic mass is 10.1. The second-order valence-corrected chi connectivity index (χ2v) is 31.4. The number of para-hydroxylation sites is 1. The zero-order valence-corrected chi connectivity index (χ0v) is 44.1. The van der Waals surface area contributed by atoms with Gasteiger partial charge in [-0.3, -0.25) is 0 Å². The molecule has 60 heavy (non-hydrogen) atoms. The molecule has 0 unspecified atom stereocenters. The summed E-state index contributed by atoms with van der Waals surface area (Å²) in [5, 5.41) is 0.814. The Bertz CT molecular complexity index is 1860. The number of nitrogen functional groups attached to an aromatic ring is 2. The molecule has 6 rings (SSSR count). The van der Waals surface area contributed by atoms with E-state index in [1.54, 1.807) is 0 Å². The van der Waals surface area contributed by atoms with Crippen molar-refractivity contribution in [3.8, 4) is 0 Å². The number of halogens is 1. The van der Waals surface area contributed by atoms with E-state index in [1.807, 2.05) is 178 Å². The highest BCUT2D eigenvalue weighted by Gasteiger charge is 2.03. The molecule has 0 amide bonds. The summed E-state index contributed by atoms with van der Waals surface area (Å²) in [6, 6.07) is 50.2. The molecule has 0 heterocycles. The highest BCUT2D eigenvalue weighted by molar-refractivity contribution is 9.26. The first kappa shape index (κ1) is 52.0. The Labute approximate surface area is 409 Å². The smallest absolute Gasteiger partial charge is 0.0409 e. The highest BCUT2D eigenvalue weighted by atomic mass is 35.5. The van der Waals surface area contributed by atoms with Gasteiger partial charge < -0.3 is 11.5 Å². The minimum absolute atomic E-state index is 0.814. The van der Waals surface area contributed by atoms with Gasteiger partial charge in [-0.05, 0) is 149 Å². The molecule has 0 fully saturated rings. The minimum Gasteiger partial charge on any atom is -0.399 e. The Morgan fingerprint density at radius 2 is 0.783 bits per heavy atom. The van der Waals surface area contributed by atoms with Gasteiger partial charge in [0.05, 0.1) is 0 Å². The third kappa shape index (κ3) is 23.4. The number of anilines is 2. The fourth-order valence-electron chi connectivity index (χ4n) is 5.01. The second kappa shape index (κ2) is 32.1. The van der Waals surface area contributed by atoms with Crippen LogP contribution in [0.5, 0.6) is 0 Å². The molecule has 0 aromatic heterocycles. The Balaban J connectivity index is 0.000000198. The van der Waals surface area contributed by atoms with Crippen LogP contribution in [0.4, 0.5) is 11.4 Å². The van der Waals surface area contributed by atoms with Gasteiger partial charge in [-0.15, -0.1) is 0 Å². The molecule has 0 aliphatic carbocycles. The number of hydrogen-bond acceptors (Lipinski definition) is 14. The van der Waals surface area contributed by atoms with Crippen molar-refractivity contribution in [1.29, 1.82) is 0 Å². The normalized spacial score (nSPS) is 10.7. The fourth-order valence-corrected chi connectivity index (χ4v) is 22.9. The van der Waals surface area contributed by atoms with Crippen molar-refractivity contribution in [2.75, 3.05) is 11.5 Å². The molecule has 4 N–H and O–H groups in total. The molecule has 0 saturated heterocycles. The van der Waals surface area contributed by atoms with E-state index >= 15 is 0 Å². The summed E-state index contributed by atoms with van der Waals surface area (Å²) >= 11 is 5.96. The number of aryl methyl sites for hydroxylation is 3. The van der Waals surface area contributed by atoms with E-state index in [1.165, 1.54) is 50.1 Å². The highest BCUT2D eigenvalue weighted by Crippen LogP contribution is 2.47. The molecule has 2 nitrogen and oxygen atoms in total. The first-order valence-corrected chi connectivity index (χ1v) is 34.4. The maximum Gasteiger partial charge on any atom is 0.0409 e. The Morgan fingerprint density at radius 1 is 0.383 bits per heavy atom. The Hall–Kier alpha value is -0.590. The van der Waals surface area contributed by atoms with Crippen LogP contribution in [0.2, 0.25) is 5.02 Å². The van der Waals surface area contributed by atoms with Crippen molar-refractivity contribution < 1.29 is 0 Å². The lowest BCUT2D eigenvalue weighted by molar-refractivity contribution is 1.31. The quantitative estimate of drug-likeness (QED) is 0.0409. The van der Waals surface area contributed by atoms with Gasteiger partial charge in [0.15, 0.2) is 0 Å². The molecule has 0 bridgehead atoms. The molecule has 0 aliphatic rings. The summed E-state index contributed by atoms with van der Waals surface area (Å²) in [5.74, 6) is 6.10. The van der Waals surface area contributed by atoms with Gasteiger partial charge in [0.2, 0.25) is 0 Å². The second-order valence-electron chi connectivity index (χ2n) is 13.0. The average molecular weight is 1040 g/mol. The van der Waals surface area contributed by atoms with E-state index in [-0.39, 0.29) is 0 Å². The molecule has 318 valence electrons. The van der Waals surface area contributed by atoms with Gasteiger partial charge in [-0.25, -0.2) is 0 Å². The van der Waals surface area contributed by atoms with Crippen molar-refractivity contribution in [2.24, 2.45) is 0 Å². The van der Waals surface area contributed by atoms with E-state index in [9.17, 15) is 0 Å². The molecule has 0 aliphatic heterocycles. The zero-order valence-electron chi connectivity index (χ0n) is 33.5. The van der Waals surface area contributed by atoms with Crippen LogP contribution < -0.4 is 11.5 Å². The summed E-state index contributed by atoms with van der Waals surface area (Å²) in [6.07, 6.45) is 0. The zero-order chi connectivity index (χ0) is 42.6. The van der Waals surface area contributed by atoms with Gasteiger partial charge in [0.25, 0.3) is 0 Å². The molecule has 0 atom stereocenters. The van der Waals surface area contributed by atoms with Crippen LogP contribution in [0.15, 0.2) is 146 Å². The lowest BCUT2D eigenvalue weighted by Crippen LogP contribution is -1.90. The Kier molecular flexibility index (Phi) is 27.9. The molecule has 0 radical (unpaired) electrons. The number of rotatable bonds is 21.